The molecule has 0 unspecified atom stereocenters. The maximum absolute atomic E-state index is 14.2. The Labute approximate surface area is 224 Å². The molecule has 0 spiro atoms. The summed E-state index contributed by atoms with van der Waals surface area (Å²) in [6.45, 7) is 8.65. The first kappa shape index (κ1) is 26.0. The van der Waals surface area contributed by atoms with Crippen LogP contribution in [0.25, 0.3) is 11.3 Å². The average Bonchev–Trinajstić information content (AvgIpc) is 3.59. The third-order valence-corrected chi connectivity index (χ3v) is 7.18. The van der Waals surface area contributed by atoms with Gasteiger partial charge >= 0.3 is 6.09 Å². The number of carbonyl (C=O) groups excluding carboxylic acids is 2. The topological polar surface area (TPSA) is 79.7 Å². The molecular formula is C30H37N5O3. The van der Waals surface area contributed by atoms with E-state index in [4.69, 9.17) is 9.72 Å². The van der Waals surface area contributed by atoms with Crippen LogP contribution in [0.4, 0.5) is 4.79 Å². The molecular weight excluding hydrogens is 478 g/mol. The summed E-state index contributed by atoms with van der Waals surface area (Å²) in [5.74, 6) is -0.0988. The predicted molar refractivity (Wildman–Crippen MR) is 147 cm³/mol. The van der Waals surface area contributed by atoms with E-state index in [1.165, 1.54) is 0 Å². The van der Waals surface area contributed by atoms with Crippen molar-refractivity contribution >= 4 is 12.0 Å². The first-order valence-corrected chi connectivity index (χ1v) is 13.5. The number of hydrogen-bond donors (Lipinski definition) is 1. The molecule has 200 valence electrons. The van der Waals surface area contributed by atoms with E-state index >= 15 is 0 Å². The van der Waals surface area contributed by atoms with Crippen LogP contribution in [0.3, 0.4) is 0 Å². The minimum atomic E-state index is -0.578. The van der Waals surface area contributed by atoms with Crippen LogP contribution in [0.2, 0.25) is 0 Å². The zero-order valence-electron chi connectivity index (χ0n) is 22.5. The lowest BCUT2D eigenvalue weighted by atomic mass is 10.0. The van der Waals surface area contributed by atoms with Crippen molar-refractivity contribution in [1.29, 1.82) is 0 Å². The number of rotatable bonds is 5. The van der Waals surface area contributed by atoms with Gasteiger partial charge in [0.15, 0.2) is 5.69 Å². The van der Waals surface area contributed by atoms with E-state index < -0.39 is 5.60 Å². The third-order valence-electron chi connectivity index (χ3n) is 7.18. The van der Waals surface area contributed by atoms with E-state index in [1.807, 2.05) is 80.5 Å². The van der Waals surface area contributed by atoms with Gasteiger partial charge < -0.3 is 24.4 Å². The number of nitrogens with zero attached hydrogens (tertiary/aromatic N) is 4. The highest BCUT2D eigenvalue weighted by Crippen LogP contribution is 2.31. The lowest BCUT2D eigenvalue weighted by Crippen LogP contribution is -2.58. The fourth-order valence-corrected chi connectivity index (χ4v) is 5.36. The van der Waals surface area contributed by atoms with Crippen molar-refractivity contribution in [3.05, 3.63) is 78.2 Å². The summed E-state index contributed by atoms with van der Waals surface area (Å²) < 4.78 is 7.81. The normalized spacial score (nSPS) is 20.0. The summed E-state index contributed by atoms with van der Waals surface area (Å²) in [7, 11) is 0. The fraction of sp³-hybridized carbons (Fsp3) is 0.433. The molecule has 38 heavy (non-hydrogen) atoms. The fourth-order valence-electron chi connectivity index (χ4n) is 5.36. The molecule has 2 aromatic carbocycles. The molecule has 3 heterocycles. The van der Waals surface area contributed by atoms with Crippen LogP contribution in [0.1, 0.15) is 49.3 Å². The van der Waals surface area contributed by atoms with Gasteiger partial charge in [0.25, 0.3) is 5.91 Å². The second-order valence-corrected chi connectivity index (χ2v) is 11.1. The summed E-state index contributed by atoms with van der Waals surface area (Å²) in [4.78, 5) is 35.5. The SMILES string of the molecule is CC(C)(C)OC(=O)N1CCN(C(=O)c2ncn([C@@H]3CCNC3)c2-c2ccccc2)[C@H](Cc2ccccc2)C1. The number of hydrogen-bond acceptors (Lipinski definition) is 5. The lowest BCUT2D eigenvalue weighted by molar-refractivity contribution is 0.00429. The number of nitrogens with one attached hydrogen (secondary N) is 1. The molecule has 2 aliphatic rings. The van der Waals surface area contributed by atoms with Crippen LogP contribution in [0, 0.1) is 0 Å². The first-order valence-electron chi connectivity index (χ1n) is 13.5. The van der Waals surface area contributed by atoms with Gasteiger partial charge in [0.2, 0.25) is 0 Å². The molecule has 8 nitrogen and oxygen atoms in total. The van der Waals surface area contributed by atoms with Crippen molar-refractivity contribution in [3.8, 4) is 11.3 Å². The van der Waals surface area contributed by atoms with Gasteiger partial charge in [0, 0.05) is 37.8 Å². The van der Waals surface area contributed by atoms with Crippen molar-refractivity contribution in [3.63, 3.8) is 0 Å². The number of carbonyl (C=O) groups is 2. The average molecular weight is 516 g/mol. The Bertz CT molecular complexity index is 1250. The van der Waals surface area contributed by atoms with E-state index in [0.717, 1.165) is 36.3 Å². The van der Waals surface area contributed by atoms with Crippen LogP contribution in [0.15, 0.2) is 67.0 Å². The summed E-state index contributed by atoms with van der Waals surface area (Å²) >= 11 is 0. The molecule has 2 saturated heterocycles. The number of benzene rings is 2. The molecule has 5 rings (SSSR count). The molecule has 2 amide bonds. The standard InChI is InChI=1S/C30H37N5O3/c1-30(2,3)38-29(37)33-16-17-34(25(20-33)18-22-10-6-4-7-11-22)28(36)26-27(23-12-8-5-9-13-23)35(21-32-26)24-14-15-31-19-24/h4-13,21,24-25,31H,14-20H2,1-3H3/t24-,25-/m1/s1. The highest BCUT2D eigenvalue weighted by Gasteiger charge is 2.37. The van der Waals surface area contributed by atoms with Crippen molar-refractivity contribution < 1.29 is 14.3 Å². The number of piperazine rings is 1. The molecule has 0 radical (unpaired) electrons. The summed E-state index contributed by atoms with van der Waals surface area (Å²) in [6.07, 6.45) is 3.11. The molecule has 1 aromatic heterocycles. The zero-order chi connectivity index (χ0) is 26.7. The Hall–Kier alpha value is -3.65. The molecule has 8 heteroatoms. The monoisotopic (exact) mass is 515 g/mol. The third kappa shape index (κ3) is 5.75. The molecule has 0 saturated carbocycles. The van der Waals surface area contributed by atoms with Gasteiger partial charge in [-0.2, -0.15) is 0 Å². The van der Waals surface area contributed by atoms with Crippen molar-refractivity contribution in [2.75, 3.05) is 32.7 Å². The zero-order valence-corrected chi connectivity index (χ0v) is 22.5. The summed E-state index contributed by atoms with van der Waals surface area (Å²) in [5, 5.41) is 3.42. The molecule has 0 bridgehead atoms. The van der Waals surface area contributed by atoms with E-state index in [9.17, 15) is 9.59 Å². The van der Waals surface area contributed by atoms with Gasteiger partial charge in [-0.3, -0.25) is 4.79 Å². The second kappa shape index (κ2) is 11.0. The van der Waals surface area contributed by atoms with Gasteiger partial charge in [-0.15, -0.1) is 0 Å². The van der Waals surface area contributed by atoms with Gasteiger partial charge in [-0.05, 0) is 45.7 Å². The highest BCUT2D eigenvalue weighted by molar-refractivity contribution is 5.98. The largest absolute Gasteiger partial charge is 0.444 e. The van der Waals surface area contributed by atoms with Crippen LogP contribution < -0.4 is 5.32 Å². The summed E-state index contributed by atoms with van der Waals surface area (Å²) in [5.41, 5.74) is 2.84. The number of aromatic nitrogens is 2. The van der Waals surface area contributed by atoms with Gasteiger partial charge in [-0.1, -0.05) is 60.7 Å². The molecule has 3 aromatic rings. The maximum atomic E-state index is 14.2. The van der Waals surface area contributed by atoms with Gasteiger partial charge in [0.05, 0.1) is 18.1 Å². The smallest absolute Gasteiger partial charge is 0.410 e. The van der Waals surface area contributed by atoms with E-state index in [-0.39, 0.29) is 24.1 Å². The molecule has 2 atom stereocenters. The van der Waals surface area contributed by atoms with E-state index in [1.54, 1.807) is 4.90 Å². The van der Waals surface area contributed by atoms with Crippen LogP contribution in [-0.4, -0.2) is 75.7 Å². The van der Waals surface area contributed by atoms with Crippen LogP contribution in [-0.2, 0) is 11.2 Å². The molecule has 0 aliphatic carbocycles. The van der Waals surface area contributed by atoms with Crippen molar-refractivity contribution in [2.24, 2.45) is 0 Å². The van der Waals surface area contributed by atoms with Crippen LogP contribution >= 0.6 is 0 Å². The number of amides is 2. The predicted octanol–water partition coefficient (Wildman–Crippen LogP) is 4.39. The van der Waals surface area contributed by atoms with Crippen LogP contribution in [0.5, 0.6) is 0 Å². The second-order valence-electron chi connectivity index (χ2n) is 11.1. The maximum Gasteiger partial charge on any atom is 0.410 e. The van der Waals surface area contributed by atoms with E-state index in [0.29, 0.717) is 31.7 Å². The van der Waals surface area contributed by atoms with Gasteiger partial charge in [0.1, 0.15) is 5.60 Å². The Morgan fingerprint density at radius 3 is 2.39 bits per heavy atom. The minimum absolute atomic E-state index is 0.0988. The summed E-state index contributed by atoms with van der Waals surface area (Å²) in [6, 6.07) is 20.2. The molecule has 2 aliphatic heterocycles. The van der Waals surface area contributed by atoms with Crippen molar-refractivity contribution in [2.45, 2.75) is 51.3 Å². The number of ether oxygens (including phenoxy) is 1. The van der Waals surface area contributed by atoms with Crippen molar-refractivity contribution in [1.82, 2.24) is 24.7 Å². The Morgan fingerprint density at radius 1 is 1.03 bits per heavy atom. The minimum Gasteiger partial charge on any atom is -0.444 e. The van der Waals surface area contributed by atoms with Gasteiger partial charge in [-0.25, -0.2) is 9.78 Å². The molecule has 1 N–H and O–H groups in total. The first-order chi connectivity index (χ1) is 18.3. The highest BCUT2D eigenvalue weighted by atomic mass is 16.6. The Kier molecular flexibility index (Phi) is 7.51. The number of imidazole rings is 1. The molecule has 2 fully saturated rings. The Morgan fingerprint density at radius 2 is 1.74 bits per heavy atom. The quantitative estimate of drug-likeness (QED) is 0.545. The Balaban J connectivity index is 1.47. The lowest BCUT2D eigenvalue weighted by Gasteiger charge is -2.41. The van der Waals surface area contributed by atoms with E-state index in [2.05, 4.69) is 22.0 Å².